The minimum atomic E-state index is -3.67. The molecule has 2 amide bonds. The number of hydrogen-bond donors (Lipinski definition) is 1. The first-order valence-electron chi connectivity index (χ1n) is 13.4. The van der Waals surface area contributed by atoms with E-state index in [2.05, 4.69) is 12.2 Å². The predicted octanol–water partition coefficient (Wildman–Crippen LogP) is 5.16. The summed E-state index contributed by atoms with van der Waals surface area (Å²) >= 11 is 0. The summed E-state index contributed by atoms with van der Waals surface area (Å²) in [7, 11) is -3.67. The van der Waals surface area contributed by atoms with E-state index >= 15 is 0 Å². The molecule has 0 fully saturated rings. The molecule has 38 heavy (non-hydrogen) atoms. The molecule has 1 aliphatic heterocycles. The lowest BCUT2D eigenvalue weighted by Gasteiger charge is -2.31. The molecule has 8 heteroatoms. The number of anilines is 1. The second kappa shape index (κ2) is 12.0. The van der Waals surface area contributed by atoms with Gasteiger partial charge in [-0.3, -0.25) is 13.9 Å². The van der Waals surface area contributed by atoms with Crippen molar-refractivity contribution in [2.45, 2.75) is 70.4 Å². The fraction of sp³-hybridized carbons (Fsp3) is 0.400. The Bertz CT molecular complexity index is 1400. The molecule has 3 aromatic rings. The van der Waals surface area contributed by atoms with E-state index < -0.39 is 16.1 Å². The largest absolute Gasteiger partial charge is 0.354 e. The average molecular weight is 536 g/mol. The molecule has 202 valence electrons. The van der Waals surface area contributed by atoms with Crippen LogP contribution in [0.25, 0.3) is 10.8 Å². The second-order valence-electron chi connectivity index (χ2n) is 9.89. The Labute approximate surface area is 225 Å². The van der Waals surface area contributed by atoms with Crippen LogP contribution in [-0.2, 0) is 26.2 Å². The highest BCUT2D eigenvalue weighted by Gasteiger charge is 2.35. The maximum atomic E-state index is 13.6. The van der Waals surface area contributed by atoms with E-state index in [1.807, 2.05) is 62.4 Å². The number of nitrogens with zero attached hydrogens (tertiary/aromatic N) is 2. The number of carbonyl (C=O) groups excluding carboxylic acids is 2. The third kappa shape index (κ3) is 5.70. The molecule has 1 N–H and O–H groups in total. The summed E-state index contributed by atoms with van der Waals surface area (Å²) < 4.78 is 28.0. The van der Waals surface area contributed by atoms with Gasteiger partial charge in [-0.25, -0.2) is 8.42 Å². The van der Waals surface area contributed by atoms with Crippen molar-refractivity contribution < 1.29 is 18.0 Å². The molecule has 1 heterocycles. The van der Waals surface area contributed by atoms with Crippen LogP contribution in [-0.4, -0.2) is 44.3 Å². The third-order valence-corrected chi connectivity index (χ3v) is 8.98. The van der Waals surface area contributed by atoms with Crippen LogP contribution in [0.15, 0.2) is 65.6 Å². The lowest BCUT2D eigenvalue weighted by molar-refractivity contribution is -0.141. The molecule has 3 aromatic carbocycles. The Hall–Kier alpha value is -3.39. The van der Waals surface area contributed by atoms with Crippen LogP contribution in [0.2, 0.25) is 0 Å². The number of hydrogen-bond acceptors (Lipinski definition) is 4. The van der Waals surface area contributed by atoms with E-state index in [1.165, 1.54) is 4.31 Å². The minimum absolute atomic E-state index is 0.142. The zero-order valence-corrected chi connectivity index (χ0v) is 23.3. The summed E-state index contributed by atoms with van der Waals surface area (Å²) in [5, 5.41) is 4.59. The zero-order chi connectivity index (χ0) is 27.3. The van der Waals surface area contributed by atoms with Crippen molar-refractivity contribution in [1.82, 2.24) is 10.2 Å². The van der Waals surface area contributed by atoms with Crippen molar-refractivity contribution in [3.8, 4) is 0 Å². The van der Waals surface area contributed by atoms with E-state index in [1.54, 1.807) is 17.0 Å². The Morgan fingerprint density at radius 3 is 2.37 bits per heavy atom. The maximum Gasteiger partial charge on any atom is 0.265 e. The molecule has 0 saturated heterocycles. The fourth-order valence-electron chi connectivity index (χ4n) is 5.03. The normalized spacial score (nSPS) is 14.4. The second-order valence-corrected chi connectivity index (χ2v) is 11.7. The van der Waals surface area contributed by atoms with E-state index in [0.29, 0.717) is 36.5 Å². The van der Waals surface area contributed by atoms with Gasteiger partial charge >= 0.3 is 0 Å². The lowest BCUT2D eigenvalue weighted by atomic mass is 10.1. The highest BCUT2D eigenvalue weighted by atomic mass is 32.2. The van der Waals surface area contributed by atoms with Gasteiger partial charge in [-0.15, -0.1) is 0 Å². The highest BCUT2D eigenvalue weighted by molar-refractivity contribution is 7.93. The van der Waals surface area contributed by atoms with Gasteiger partial charge in [0.05, 0.1) is 10.6 Å². The number of rotatable bonds is 12. The van der Waals surface area contributed by atoms with Gasteiger partial charge in [0.1, 0.15) is 6.04 Å². The molecular formula is C30H37N3O4S. The van der Waals surface area contributed by atoms with Gasteiger partial charge in [-0.2, -0.15) is 0 Å². The maximum absolute atomic E-state index is 13.6. The number of unbranched alkanes of at least 4 members (excludes halogenated alkanes) is 1. The van der Waals surface area contributed by atoms with E-state index in [0.717, 1.165) is 34.7 Å². The molecular weight excluding hydrogens is 498 g/mol. The minimum Gasteiger partial charge on any atom is -0.354 e. The number of nitrogens with one attached hydrogen (secondary N) is 1. The molecule has 0 aliphatic carbocycles. The van der Waals surface area contributed by atoms with E-state index in [4.69, 9.17) is 0 Å². The number of carbonyl (C=O) groups is 2. The van der Waals surface area contributed by atoms with Gasteiger partial charge in [-0.05, 0) is 49.3 Å². The van der Waals surface area contributed by atoms with Crippen LogP contribution >= 0.6 is 0 Å². The van der Waals surface area contributed by atoms with Crippen molar-refractivity contribution in [3.63, 3.8) is 0 Å². The average Bonchev–Trinajstić information content (AvgIpc) is 3.13. The first-order valence-corrected chi connectivity index (χ1v) is 14.9. The highest BCUT2D eigenvalue weighted by Crippen LogP contribution is 2.42. The van der Waals surface area contributed by atoms with Gasteiger partial charge in [-0.1, -0.05) is 74.4 Å². The van der Waals surface area contributed by atoms with Crippen LogP contribution in [0.3, 0.4) is 0 Å². The van der Waals surface area contributed by atoms with Crippen molar-refractivity contribution >= 4 is 38.3 Å². The summed E-state index contributed by atoms with van der Waals surface area (Å²) in [5.41, 5.74) is 2.73. The Kier molecular flexibility index (Phi) is 8.72. The van der Waals surface area contributed by atoms with Gasteiger partial charge in [0.2, 0.25) is 11.8 Å². The van der Waals surface area contributed by atoms with Crippen LogP contribution < -0.4 is 9.62 Å². The summed E-state index contributed by atoms with van der Waals surface area (Å²) in [5.74, 6) is -0.305. The van der Waals surface area contributed by atoms with Gasteiger partial charge in [0.25, 0.3) is 10.0 Å². The summed E-state index contributed by atoms with van der Waals surface area (Å²) in [6.07, 6.45) is 2.84. The molecule has 0 saturated carbocycles. The number of sulfonamides is 1. The van der Waals surface area contributed by atoms with Crippen LogP contribution in [0, 0.1) is 6.92 Å². The van der Waals surface area contributed by atoms with Gasteiger partial charge in [0, 0.05) is 31.4 Å². The molecule has 1 aliphatic rings. The first kappa shape index (κ1) is 27.6. The SMILES string of the molecule is CCCCNC(=O)[C@H](CC)N(Cc1ccc(C)cc1)C(=O)CCCN1c2cccc3cccc(c23)S1(=O)=O. The lowest BCUT2D eigenvalue weighted by Crippen LogP contribution is -2.49. The molecule has 4 rings (SSSR count). The summed E-state index contributed by atoms with van der Waals surface area (Å²) in [4.78, 5) is 28.6. The van der Waals surface area contributed by atoms with Crippen LogP contribution in [0.4, 0.5) is 5.69 Å². The van der Waals surface area contributed by atoms with Crippen LogP contribution in [0.5, 0.6) is 0 Å². The quantitative estimate of drug-likeness (QED) is 0.325. The van der Waals surface area contributed by atoms with Gasteiger partial charge in [0.15, 0.2) is 0 Å². The molecule has 7 nitrogen and oxygen atoms in total. The number of aryl methyl sites for hydroxylation is 1. The van der Waals surface area contributed by atoms with Crippen molar-refractivity contribution in [3.05, 3.63) is 71.8 Å². The van der Waals surface area contributed by atoms with E-state index in [9.17, 15) is 18.0 Å². The third-order valence-electron chi connectivity index (χ3n) is 7.12. The smallest absolute Gasteiger partial charge is 0.265 e. The Morgan fingerprint density at radius 1 is 0.974 bits per heavy atom. The molecule has 1 atom stereocenters. The first-order chi connectivity index (χ1) is 18.3. The van der Waals surface area contributed by atoms with Crippen molar-refractivity contribution in [2.24, 2.45) is 0 Å². The molecule has 0 spiro atoms. The summed E-state index contributed by atoms with van der Waals surface area (Å²) in [6, 6.07) is 18.2. The fourth-order valence-corrected chi connectivity index (χ4v) is 6.78. The van der Waals surface area contributed by atoms with Gasteiger partial charge < -0.3 is 10.2 Å². The molecule has 0 bridgehead atoms. The zero-order valence-electron chi connectivity index (χ0n) is 22.4. The van der Waals surface area contributed by atoms with Crippen LogP contribution in [0.1, 0.15) is 57.1 Å². The van der Waals surface area contributed by atoms with Crippen molar-refractivity contribution in [2.75, 3.05) is 17.4 Å². The van der Waals surface area contributed by atoms with Crippen molar-refractivity contribution in [1.29, 1.82) is 0 Å². The molecule has 0 unspecified atom stereocenters. The monoisotopic (exact) mass is 535 g/mol. The standard InChI is InChI=1S/C30H37N3O4S/c1-4-6-19-31-30(35)25(5-2)32(21-23-17-15-22(3)16-18-23)28(34)14-9-20-33-26-12-7-10-24-11-8-13-27(29(24)26)38(33,36)37/h7-8,10-13,15-18,25H,4-6,9,14,19-21H2,1-3H3,(H,31,35)/t25-/m0/s1. The Balaban J connectivity index is 1.50. The number of benzene rings is 3. The Morgan fingerprint density at radius 2 is 1.68 bits per heavy atom. The predicted molar refractivity (Wildman–Crippen MR) is 151 cm³/mol. The summed E-state index contributed by atoms with van der Waals surface area (Å²) in [6.45, 7) is 7.08. The molecule has 0 radical (unpaired) electrons. The molecule has 0 aromatic heterocycles. The van der Waals surface area contributed by atoms with E-state index in [-0.39, 0.29) is 24.8 Å². The topological polar surface area (TPSA) is 86.8 Å². The number of amides is 2.